The summed E-state index contributed by atoms with van der Waals surface area (Å²) in [6, 6.07) is 16.5. The van der Waals surface area contributed by atoms with Gasteiger partial charge < -0.3 is 85.6 Å². The van der Waals surface area contributed by atoms with Crippen LogP contribution in [0.4, 0.5) is 11.4 Å². The minimum atomic E-state index is -1.65. The Hall–Kier alpha value is -8.10. The van der Waals surface area contributed by atoms with Crippen LogP contribution in [0.2, 0.25) is 0 Å². The number of hydrogen-bond acceptors (Lipinski definition) is 21. The normalized spacial score (nSPS) is 14.4. The molecule has 0 saturated carbocycles. The summed E-state index contributed by atoms with van der Waals surface area (Å²) in [5.41, 5.74) is 5.65. The maximum absolute atomic E-state index is 13.0. The van der Waals surface area contributed by atoms with Crippen LogP contribution in [-0.2, 0) is 64.4 Å². The van der Waals surface area contributed by atoms with Crippen LogP contribution in [0.3, 0.4) is 0 Å². The number of Topliss-reactive ketones (excluding diaryl/α,β-unsaturated/α-hetero) is 2. The molecule has 0 radical (unpaired) electrons. The molecule has 0 saturated heterocycles. The molecule has 2 amide bonds. The maximum atomic E-state index is 13.0. The summed E-state index contributed by atoms with van der Waals surface area (Å²) in [4.78, 5) is 161. The number of carboxylic acids is 6. The van der Waals surface area contributed by atoms with Gasteiger partial charge in [0.15, 0.2) is 0 Å². The zero-order chi connectivity index (χ0) is 68.5. The molecule has 28 nitrogen and oxygen atoms in total. The number of nitrogens with one attached hydrogen (secondary N) is 4. The Labute approximate surface area is 620 Å². The molecule has 31 heteroatoms. The molecule has 97 heavy (non-hydrogen) atoms. The van der Waals surface area contributed by atoms with Crippen molar-refractivity contribution >= 4 is 92.4 Å². The summed E-state index contributed by atoms with van der Waals surface area (Å²) in [6.07, 6.45) is 10.2. The summed E-state index contributed by atoms with van der Waals surface area (Å²) in [5.74, 6) is -8.22. The number of aliphatic hydroxyl groups is 2. The first-order valence-electron chi connectivity index (χ1n) is 29.7. The third-order valence-electron chi connectivity index (χ3n) is 16.3. The van der Waals surface area contributed by atoms with Gasteiger partial charge in [0.2, 0.25) is 0 Å². The summed E-state index contributed by atoms with van der Waals surface area (Å²) >= 11 is 0. The molecular weight excluding hydrogens is 1290 g/mol. The van der Waals surface area contributed by atoms with Crippen LogP contribution in [0.25, 0.3) is 21.8 Å². The molecule has 2 aliphatic rings. The van der Waals surface area contributed by atoms with Crippen molar-refractivity contribution in [2.75, 3.05) is 22.9 Å². The van der Waals surface area contributed by atoms with E-state index in [1.54, 1.807) is 36.4 Å². The van der Waals surface area contributed by atoms with Gasteiger partial charge in [-0.3, -0.25) is 38.4 Å². The number of carbonyl (C=O) groups excluding carboxylic acids is 7. The number of carboxylic acid groups (broad SMARTS) is 6. The second-order valence-corrected chi connectivity index (χ2v) is 22.5. The first-order valence-corrected chi connectivity index (χ1v) is 29.7. The Kier molecular flexibility index (Phi) is 32.0. The minimum Gasteiger partial charge on any atom is -0.550 e. The Morgan fingerprint density at radius 3 is 1.34 bits per heavy atom. The number of carbonyl (C=O) groups is 10. The number of anilines is 2. The number of ketones is 2. The average molecular weight is 1360 g/mol. The number of rotatable bonds is 32. The second-order valence-electron chi connectivity index (χ2n) is 22.5. The molecule has 0 spiro atoms. The van der Waals surface area contributed by atoms with Gasteiger partial charge in [0.05, 0.1) is 64.9 Å². The largest absolute Gasteiger partial charge is 1.00 e. The molecule has 0 fully saturated rings. The number of hydrogen-bond donors (Lipinski definition) is 9. The van der Waals surface area contributed by atoms with E-state index in [9.17, 15) is 93.3 Å². The van der Waals surface area contributed by atoms with Crippen LogP contribution in [0.5, 0.6) is 0 Å². The summed E-state index contributed by atoms with van der Waals surface area (Å²) in [7, 11) is 0. The molecule has 0 unspecified atom stereocenters. The Morgan fingerprint density at radius 2 is 0.969 bits per heavy atom. The number of aryl methyl sites for hydroxylation is 2. The predicted octanol–water partition coefficient (Wildman–Crippen LogP) is -8.93. The van der Waals surface area contributed by atoms with Crippen molar-refractivity contribution in [2.45, 2.75) is 127 Å². The fourth-order valence-electron chi connectivity index (χ4n) is 11.5. The van der Waals surface area contributed by atoms with Crippen LogP contribution in [0.15, 0.2) is 82.4 Å². The van der Waals surface area contributed by atoms with Gasteiger partial charge in [0.25, 0.3) is 22.9 Å². The molecule has 8 rings (SSSR count). The molecule has 2 heterocycles. The standard InChI is InChI=1S/2C33H34N4O10.3Na/c2*1-2-13-37(27-11-5-19-15-26-24(16-23(19)27)31(43)36-28(17-38)34-26)21-7-3-18(4-8-21)30(42)35-25(33(46)47)10-9-22(39)14-20(32(44)45)6-12-29(40)41;;;/h2*1,3-4,7-8,15-16,20,25,27,38H,5-6,9-14,17H2,(H,35,42)(H,40,41)(H,44,45)(H,46,47)(H,34,36,43);;;/q;;3*+1/p-3/t2*20-,25-,27-;;;/m00.../s1. The number of fused-ring (bicyclic) bond motifs is 4. The predicted molar refractivity (Wildman–Crippen MR) is 328 cm³/mol. The van der Waals surface area contributed by atoms with E-state index in [4.69, 9.17) is 18.0 Å². The topological polar surface area (TPSA) is 463 Å². The van der Waals surface area contributed by atoms with Crippen LogP contribution < -0.4 is 136 Å². The van der Waals surface area contributed by atoms with Crippen LogP contribution in [0, 0.1) is 36.5 Å². The van der Waals surface area contributed by atoms with Crippen molar-refractivity contribution in [3.05, 3.63) is 139 Å². The van der Waals surface area contributed by atoms with Gasteiger partial charge in [0.1, 0.15) is 42.5 Å². The number of aliphatic carboxylic acids is 6. The Balaban J connectivity index is 0.000000400. The van der Waals surface area contributed by atoms with E-state index in [1.165, 1.54) is 24.3 Å². The molecule has 6 aromatic rings. The Morgan fingerprint density at radius 1 is 0.557 bits per heavy atom. The van der Waals surface area contributed by atoms with Gasteiger partial charge in [-0.05, 0) is 153 Å². The van der Waals surface area contributed by atoms with E-state index < -0.39 is 128 Å². The molecule has 6 atom stereocenters. The van der Waals surface area contributed by atoms with Gasteiger partial charge in [-0.2, -0.15) is 0 Å². The number of benzene rings is 4. The van der Waals surface area contributed by atoms with Gasteiger partial charge in [0, 0.05) is 72.5 Å². The molecule has 2 aliphatic carbocycles. The molecule has 0 bridgehead atoms. The molecular formula is C66H65N8Na3O20. The SMILES string of the molecule is C#CCN(c1ccc(C(=O)N[C@@H](CCC(=O)C[C@H](CCC(=O)O)C(=O)O)C(=O)O)cc1)[C@H]1CCc2cc3nc(CO)[nH]c(=O)c3cc21.C#CCN(c1ccc(C(=O)N[C@@H](CCC(=O)C[C@H](CCC(=O)[O-])C(=O)[O-])C(=O)[O-])cc1)[C@H]1CCc2cc3nc(CO)[nH]c(=O)c3cc21.[Na+].[Na+].[Na+]. The van der Waals surface area contributed by atoms with E-state index in [2.05, 4.69) is 42.4 Å². The molecule has 492 valence electrons. The van der Waals surface area contributed by atoms with Crippen molar-refractivity contribution in [3.8, 4) is 24.7 Å². The van der Waals surface area contributed by atoms with E-state index in [1.807, 2.05) is 21.9 Å². The zero-order valence-corrected chi connectivity index (χ0v) is 59.4. The number of terminal acetylenes is 2. The van der Waals surface area contributed by atoms with Crippen molar-refractivity contribution in [1.82, 2.24) is 30.6 Å². The maximum Gasteiger partial charge on any atom is 1.00 e. The number of nitrogens with zero attached hydrogens (tertiary/aromatic N) is 4. The smallest absolute Gasteiger partial charge is 0.550 e. The first kappa shape index (κ1) is 81.3. The monoisotopic (exact) mass is 1360 g/mol. The fraction of sp³-hybridized carbons (Fsp3) is 0.364. The van der Waals surface area contributed by atoms with Crippen molar-refractivity contribution < 1.29 is 177 Å². The summed E-state index contributed by atoms with van der Waals surface area (Å²) in [5, 5.41) is 85.5. The molecule has 4 aromatic carbocycles. The van der Waals surface area contributed by atoms with Gasteiger partial charge >= 0.3 is 107 Å². The number of aromatic nitrogens is 4. The fourth-order valence-corrected chi connectivity index (χ4v) is 11.5. The number of aliphatic hydroxyl groups excluding tert-OH is 2. The van der Waals surface area contributed by atoms with Crippen molar-refractivity contribution in [1.29, 1.82) is 0 Å². The quantitative estimate of drug-likeness (QED) is 0.0140. The van der Waals surface area contributed by atoms with E-state index in [0.29, 0.717) is 58.9 Å². The summed E-state index contributed by atoms with van der Waals surface area (Å²) in [6.45, 7) is -0.359. The second kappa shape index (κ2) is 38.2. The van der Waals surface area contributed by atoms with Gasteiger partial charge in [-0.1, -0.05) is 11.8 Å². The Bertz CT molecular complexity index is 3870. The number of aromatic amines is 2. The van der Waals surface area contributed by atoms with Crippen molar-refractivity contribution in [3.63, 3.8) is 0 Å². The van der Waals surface area contributed by atoms with E-state index >= 15 is 0 Å². The van der Waals surface area contributed by atoms with Gasteiger partial charge in [-0.15, -0.1) is 12.8 Å². The average Bonchev–Trinajstić information content (AvgIpc) is 1.69. The van der Waals surface area contributed by atoms with Gasteiger partial charge in [-0.25, -0.2) is 14.8 Å². The number of H-pyrrole nitrogens is 2. The number of amides is 2. The zero-order valence-electron chi connectivity index (χ0n) is 53.4. The minimum absolute atomic E-state index is 0. The molecule has 0 aliphatic heterocycles. The van der Waals surface area contributed by atoms with E-state index in [-0.39, 0.29) is 180 Å². The van der Waals surface area contributed by atoms with Crippen LogP contribution >= 0.6 is 0 Å². The van der Waals surface area contributed by atoms with Crippen LogP contribution in [0.1, 0.15) is 144 Å². The molecule has 2 aromatic heterocycles. The van der Waals surface area contributed by atoms with Crippen molar-refractivity contribution in [2.24, 2.45) is 11.8 Å². The molecule has 9 N–H and O–H groups in total. The third kappa shape index (κ3) is 21.9. The first-order chi connectivity index (χ1) is 44.8. The van der Waals surface area contributed by atoms with E-state index in [0.717, 1.165) is 22.3 Å². The third-order valence-corrected chi connectivity index (χ3v) is 16.3. The van der Waals surface area contributed by atoms with Crippen LogP contribution in [-0.4, -0.2) is 130 Å². The summed E-state index contributed by atoms with van der Waals surface area (Å²) < 4.78 is 0.